The maximum atomic E-state index is 4.20. The van der Waals surface area contributed by atoms with Crippen LogP contribution in [-0.4, -0.2) is 5.75 Å². The predicted octanol–water partition coefficient (Wildman–Crippen LogP) is 4.83. The van der Waals surface area contributed by atoms with Gasteiger partial charge in [0, 0.05) is 20.4 Å². The van der Waals surface area contributed by atoms with Crippen molar-refractivity contribution in [3.8, 4) is 0 Å². The quantitative estimate of drug-likeness (QED) is 0.333. The van der Waals surface area contributed by atoms with Crippen molar-refractivity contribution < 1.29 is 20.4 Å². The Morgan fingerprint density at radius 2 is 1.00 bits per heavy atom. The molecular weight excluding hydrogens is 283 g/mol. The van der Waals surface area contributed by atoms with Crippen LogP contribution in [0.2, 0.25) is 0 Å². The molecule has 0 bridgehead atoms. The van der Waals surface area contributed by atoms with Crippen molar-refractivity contribution in [3.05, 3.63) is 0 Å². The number of hydrogen-bond donors (Lipinski definition) is 1. The van der Waals surface area contributed by atoms with Gasteiger partial charge >= 0.3 is 0 Å². The average molecular weight is 309 g/mol. The molecule has 0 nitrogen and oxygen atoms in total. The molecule has 0 heterocycles. The minimum absolute atomic E-state index is 0. The van der Waals surface area contributed by atoms with Crippen LogP contribution in [0.25, 0.3) is 0 Å². The molecule has 0 aromatic heterocycles. The summed E-state index contributed by atoms with van der Waals surface area (Å²) in [5, 5.41) is 0. The fraction of sp³-hybridized carbons (Fsp3) is 1.00. The van der Waals surface area contributed by atoms with Gasteiger partial charge in [-0.15, -0.1) is 0 Å². The fourth-order valence-corrected chi connectivity index (χ4v) is 1.82. The first-order valence-electron chi connectivity index (χ1n) is 6.02. The molecule has 0 rings (SSSR count). The van der Waals surface area contributed by atoms with Gasteiger partial charge in [0.15, 0.2) is 0 Å². The molecule has 0 spiro atoms. The van der Waals surface area contributed by atoms with E-state index in [1.165, 1.54) is 64.2 Å². The third kappa shape index (κ3) is 15.5. The molecule has 0 atom stereocenters. The summed E-state index contributed by atoms with van der Waals surface area (Å²) in [6, 6.07) is 0. The van der Waals surface area contributed by atoms with Crippen LogP contribution >= 0.6 is 12.6 Å². The summed E-state index contributed by atoms with van der Waals surface area (Å²) in [6.45, 7) is 2.28. The third-order valence-electron chi connectivity index (χ3n) is 2.51. The zero-order valence-corrected chi connectivity index (χ0v) is 12.0. The first-order chi connectivity index (χ1) is 6.41. The zero-order chi connectivity index (χ0) is 9.78. The monoisotopic (exact) mass is 308 g/mol. The topological polar surface area (TPSA) is 0 Å². The molecule has 0 aliphatic carbocycles. The largest absolute Gasteiger partial charge is 0.179 e. The molecule has 2 heteroatoms. The number of thiol groups is 1. The maximum absolute atomic E-state index is 4.20. The summed E-state index contributed by atoms with van der Waals surface area (Å²) >= 11 is 4.20. The van der Waals surface area contributed by atoms with Crippen LogP contribution in [0.4, 0.5) is 0 Å². The van der Waals surface area contributed by atoms with Crippen molar-refractivity contribution in [1.82, 2.24) is 0 Å². The Morgan fingerprint density at radius 3 is 1.36 bits per heavy atom. The van der Waals surface area contributed by atoms with Gasteiger partial charge in [-0.2, -0.15) is 12.6 Å². The molecule has 0 unspecified atom stereocenters. The van der Waals surface area contributed by atoms with Gasteiger partial charge in [0.2, 0.25) is 0 Å². The standard InChI is InChI=1S/C12H26S.Pd/c1-2-3-4-5-6-7-8-9-10-11-12-13;/h13H,2-12H2,1H3;. The van der Waals surface area contributed by atoms with Crippen LogP contribution in [0.15, 0.2) is 0 Å². The molecule has 14 heavy (non-hydrogen) atoms. The first kappa shape index (κ1) is 17.4. The van der Waals surface area contributed by atoms with E-state index in [-0.39, 0.29) is 20.4 Å². The molecule has 0 aromatic rings. The van der Waals surface area contributed by atoms with Gasteiger partial charge in [0.05, 0.1) is 0 Å². The molecule has 0 aliphatic rings. The molecule has 0 radical (unpaired) electrons. The molecule has 0 aromatic carbocycles. The summed E-state index contributed by atoms with van der Waals surface area (Å²) in [7, 11) is 0. The molecule has 0 aliphatic heterocycles. The van der Waals surface area contributed by atoms with Crippen molar-refractivity contribution in [2.45, 2.75) is 71.1 Å². The van der Waals surface area contributed by atoms with E-state index in [2.05, 4.69) is 19.6 Å². The normalized spacial score (nSPS) is 9.86. The Bertz CT molecular complexity index is 76.4. The van der Waals surface area contributed by atoms with E-state index < -0.39 is 0 Å². The van der Waals surface area contributed by atoms with Crippen LogP contribution in [0.1, 0.15) is 71.1 Å². The SMILES string of the molecule is CCCCCCCCCCCCS.[Pd]. The van der Waals surface area contributed by atoms with E-state index in [0.29, 0.717) is 0 Å². The Labute approximate surface area is 110 Å². The van der Waals surface area contributed by atoms with E-state index >= 15 is 0 Å². The van der Waals surface area contributed by atoms with Gasteiger partial charge in [0.25, 0.3) is 0 Å². The molecule has 0 saturated carbocycles. The number of hydrogen-bond acceptors (Lipinski definition) is 1. The summed E-state index contributed by atoms with van der Waals surface area (Å²) in [5.74, 6) is 1.07. The van der Waals surface area contributed by atoms with Crippen molar-refractivity contribution >= 4 is 12.6 Å². The van der Waals surface area contributed by atoms with Crippen LogP contribution in [0.3, 0.4) is 0 Å². The fourth-order valence-electron chi connectivity index (χ4n) is 1.60. The van der Waals surface area contributed by atoms with Crippen LogP contribution in [-0.2, 0) is 20.4 Å². The van der Waals surface area contributed by atoms with E-state index in [4.69, 9.17) is 0 Å². The van der Waals surface area contributed by atoms with Gasteiger partial charge in [-0.25, -0.2) is 0 Å². The van der Waals surface area contributed by atoms with Gasteiger partial charge in [-0.3, -0.25) is 0 Å². The van der Waals surface area contributed by atoms with Gasteiger partial charge < -0.3 is 0 Å². The van der Waals surface area contributed by atoms with Crippen molar-refractivity contribution in [2.75, 3.05) is 5.75 Å². The minimum atomic E-state index is 0. The van der Waals surface area contributed by atoms with E-state index in [1.54, 1.807) is 0 Å². The van der Waals surface area contributed by atoms with Gasteiger partial charge in [-0.1, -0.05) is 64.7 Å². The maximum Gasteiger partial charge on any atom is 0 e. The minimum Gasteiger partial charge on any atom is -0.179 e. The molecule has 0 saturated heterocycles. The molecule has 0 N–H and O–H groups in total. The Kier molecular flexibility index (Phi) is 20.4. The average Bonchev–Trinajstić information content (AvgIpc) is 2.16. The van der Waals surface area contributed by atoms with Crippen LogP contribution in [0.5, 0.6) is 0 Å². The second kappa shape index (κ2) is 16.4. The Morgan fingerprint density at radius 1 is 0.643 bits per heavy atom. The summed E-state index contributed by atoms with van der Waals surface area (Å²) in [6.07, 6.45) is 14.2. The smallest absolute Gasteiger partial charge is 0 e. The predicted molar refractivity (Wildman–Crippen MR) is 65.7 cm³/mol. The molecule has 90 valence electrons. The van der Waals surface area contributed by atoms with Crippen LogP contribution in [0, 0.1) is 0 Å². The van der Waals surface area contributed by atoms with Crippen molar-refractivity contribution in [1.29, 1.82) is 0 Å². The molecule has 0 amide bonds. The second-order valence-corrected chi connectivity index (χ2v) is 4.35. The molecule has 0 fully saturated rings. The van der Waals surface area contributed by atoms with Gasteiger partial charge in [0.1, 0.15) is 0 Å². The van der Waals surface area contributed by atoms with Gasteiger partial charge in [-0.05, 0) is 12.2 Å². The van der Waals surface area contributed by atoms with E-state index in [9.17, 15) is 0 Å². The van der Waals surface area contributed by atoms with E-state index in [1.807, 2.05) is 0 Å². The van der Waals surface area contributed by atoms with E-state index in [0.717, 1.165) is 5.75 Å². The summed E-state index contributed by atoms with van der Waals surface area (Å²) in [5.41, 5.74) is 0. The Hall–Kier alpha value is 1.01. The first-order valence-corrected chi connectivity index (χ1v) is 6.66. The number of unbranched alkanes of at least 4 members (excludes halogenated alkanes) is 9. The Balaban J connectivity index is 0. The van der Waals surface area contributed by atoms with Crippen LogP contribution < -0.4 is 0 Å². The molecular formula is C12H26PdS. The summed E-state index contributed by atoms with van der Waals surface area (Å²) < 4.78 is 0. The van der Waals surface area contributed by atoms with Crippen molar-refractivity contribution in [3.63, 3.8) is 0 Å². The number of rotatable bonds is 10. The summed E-state index contributed by atoms with van der Waals surface area (Å²) in [4.78, 5) is 0. The third-order valence-corrected chi connectivity index (χ3v) is 2.83. The zero-order valence-electron chi connectivity index (χ0n) is 9.54. The van der Waals surface area contributed by atoms with Crippen molar-refractivity contribution in [2.24, 2.45) is 0 Å². The second-order valence-electron chi connectivity index (χ2n) is 3.91.